The molecular formula is C27H28N4OS. The van der Waals surface area contributed by atoms with Gasteiger partial charge in [-0.3, -0.25) is 9.36 Å². The van der Waals surface area contributed by atoms with E-state index in [-0.39, 0.29) is 17.1 Å². The minimum Gasteiger partial charge on any atom is -0.325 e. The van der Waals surface area contributed by atoms with Gasteiger partial charge in [-0.15, -0.1) is 16.8 Å². The smallest absolute Gasteiger partial charge is 0.234 e. The number of nitrogens with one attached hydrogen (secondary N) is 1. The van der Waals surface area contributed by atoms with Gasteiger partial charge in [0.25, 0.3) is 0 Å². The normalized spacial score (nSPS) is 11.5. The fraction of sp³-hybridized carbons (Fsp3) is 0.222. The van der Waals surface area contributed by atoms with E-state index in [1.807, 2.05) is 53.1 Å². The summed E-state index contributed by atoms with van der Waals surface area (Å²) in [5.41, 5.74) is 3.15. The van der Waals surface area contributed by atoms with Crippen LogP contribution in [0.1, 0.15) is 26.3 Å². The summed E-state index contributed by atoms with van der Waals surface area (Å²) in [7, 11) is 0. The highest BCUT2D eigenvalue weighted by Gasteiger charge is 2.17. The Labute approximate surface area is 198 Å². The van der Waals surface area contributed by atoms with Crippen LogP contribution < -0.4 is 5.32 Å². The third-order valence-electron chi connectivity index (χ3n) is 5.43. The number of aromatic nitrogens is 3. The molecule has 1 heterocycles. The fourth-order valence-electron chi connectivity index (χ4n) is 3.67. The largest absolute Gasteiger partial charge is 0.325 e. The van der Waals surface area contributed by atoms with E-state index >= 15 is 0 Å². The van der Waals surface area contributed by atoms with Crippen LogP contribution in [-0.4, -0.2) is 26.4 Å². The Hall–Kier alpha value is -3.38. The first-order valence-corrected chi connectivity index (χ1v) is 11.9. The molecule has 0 saturated heterocycles. The van der Waals surface area contributed by atoms with E-state index in [0.29, 0.717) is 11.7 Å². The lowest BCUT2D eigenvalue weighted by Gasteiger charge is -2.19. The van der Waals surface area contributed by atoms with Crippen molar-refractivity contribution in [1.29, 1.82) is 0 Å². The molecule has 0 unspecified atom stereocenters. The van der Waals surface area contributed by atoms with Crippen molar-refractivity contribution in [3.63, 3.8) is 0 Å². The van der Waals surface area contributed by atoms with Crippen LogP contribution >= 0.6 is 11.8 Å². The van der Waals surface area contributed by atoms with Gasteiger partial charge in [-0.25, -0.2) is 0 Å². The number of fused-ring (bicyclic) bond motifs is 1. The van der Waals surface area contributed by atoms with Crippen molar-refractivity contribution in [2.45, 2.75) is 37.9 Å². The lowest BCUT2D eigenvalue weighted by Crippen LogP contribution is -2.15. The summed E-state index contributed by atoms with van der Waals surface area (Å²) in [6, 6.07) is 22.3. The highest BCUT2D eigenvalue weighted by molar-refractivity contribution is 7.99. The SMILES string of the molecule is C=CCn1c(SCC(=O)Nc2cccc3ccccc23)nnc1-c1ccc(C(C)(C)C)cc1. The van der Waals surface area contributed by atoms with Crippen molar-refractivity contribution < 1.29 is 4.79 Å². The van der Waals surface area contributed by atoms with Gasteiger partial charge in [0, 0.05) is 23.2 Å². The number of allylic oxidation sites excluding steroid dienone is 1. The lowest BCUT2D eigenvalue weighted by molar-refractivity contribution is -0.113. The minimum absolute atomic E-state index is 0.0828. The molecule has 1 aromatic heterocycles. The van der Waals surface area contributed by atoms with E-state index in [4.69, 9.17) is 0 Å². The summed E-state index contributed by atoms with van der Waals surface area (Å²) in [4.78, 5) is 12.7. The zero-order valence-corrected chi connectivity index (χ0v) is 20.0. The molecule has 0 spiro atoms. The number of nitrogens with zero attached hydrogens (tertiary/aromatic N) is 3. The Morgan fingerprint density at radius 1 is 1.03 bits per heavy atom. The second kappa shape index (κ2) is 9.63. The van der Waals surface area contributed by atoms with E-state index in [9.17, 15) is 4.79 Å². The molecule has 33 heavy (non-hydrogen) atoms. The predicted molar refractivity (Wildman–Crippen MR) is 138 cm³/mol. The maximum atomic E-state index is 12.7. The molecule has 0 aliphatic rings. The van der Waals surface area contributed by atoms with Gasteiger partial charge >= 0.3 is 0 Å². The van der Waals surface area contributed by atoms with Crippen molar-refractivity contribution in [1.82, 2.24) is 14.8 Å². The average molecular weight is 457 g/mol. The Morgan fingerprint density at radius 3 is 2.48 bits per heavy atom. The van der Waals surface area contributed by atoms with Crippen molar-refractivity contribution in [2.75, 3.05) is 11.1 Å². The molecule has 0 bridgehead atoms. The monoisotopic (exact) mass is 456 g/mol. The standard InChI is InChI=1S/C27H28N4OS/c1-5-17-31-25(20-13-15-21(16-14-20)27(2,3)4)29-30-26(31)33-18-24(32)28-23-12-8-10-19-9-6-7-11-22(19)23/h5-16H,1,17-18H2,2-4H3,(H,28,32). The third-order valence-corrected chi connectivity index (χ3v) is 6.40. The first-order valence-electron chi connectivity index (χ1n) is 10.9. The number of carbonyl (C=O) groups excluding carboxylic acids is 1. The van der Waals surface area contributed by atoms with Crippen LogP contribution in [0.15, 0.2) is 84.5 Å². The number of anilines is 1. The molecule has 4 aromatic rings. The Balaban J connectivity index is 1.50. The van der Waals surface area contributed by atoms with E-state index in [2.05, 4.69) is 67.1 Å². The topological polar surface area (TPSA) is 59.8 Å². The first kappa shape index (κ1) is 22.8. The quantitative estimate of drug-likeness (QED) is 0.261. The van der Waals surface area contributed by atoms with Crippen LogP contribution in [0.3, 0.4) is 0 Å². The first-order chi connectivity index (χ1) is 15.9. The predicted octanol–water partition coefficient (Wildman–Crippen LogP) is 6.31. The number of hydrogen-bond donors (Lipinski definition) is 1. The summed E-state index contributed by atoms with van der Waals surface area (Å²) in [5.74, 6) is 0.925. The van der Waals surface area contributed by atoms with Gasteiger partial charge in [0.1, 0.15) is 0 Å². The summed E-state index contributed by atoms with van der Waals surface area (Å²) < 4.78 is 1.99. The van der Waals surface area contributed by atoms with Gasteiger partial charge in [-0.05, 0) is 22.4 Å². The molecule has 5 nitrogen and oxygen atoms in total. The van der Waals surface area contributed by atoms with Crippen molar-refractivity contribution >= 4 is 34.1 Å². The van der Waals surface area contributed by atoms with Crippen molar-refractivity contribution in [3.05, 3.63) is 84.9 Å². The molecule has 168 valence electrons. The molecule has 3 aromatic carbocycles. The van der Waals surface area contributed by atoms with Crippen LogP contribution in [0.25, 0.3) is 22.2 Å². The fourth-order valence-corrected chi connectivity index (χ4v) is 4.42. The van der Waals surface area contributed by atoms with E-state index < -0.39 is 0 Å². The molecular weight excluding hydrogens is 428 g/mol. The molecule has 0 saturated carbocycles. The molecule has 0 fully saturated rings. The van der Waals surface area contributed by atoms with Crippen LogP contribution in [-0.2, 0) is 16.8 Å². The number of rotatable bonds is 7. The minimum atomic E-state index is -0.0828. The number of hydrogen-bond acceptors (Lipinski definition) is 4. The zero-order chi connectivity index (χ0) is 23.4. The highest BCUT2D eigenvalue weighted by atomic mass is 32.2. The zero-order valence-electron chi connectivity index (χ0n) is 19.2. The summed E-state index contributed by atoms with van der Waals surface area (Å²) in [5, 5.41) is 14.6. The van der Waals surface area contributed by atoms with Crippen LogP contribution in [0.5, 0.6) is 0 Å². The van der Waals surface area contributed by atoms with Crippen LogP contribution in [0.2, 0.25) is 0 Å². The molecule has 1 N–H and O–H groups in total. The molecule has 6 heteroatoms. The molecule has 1 amide bonds. The van der Waals surface area contributed by atoms with Crippen molar-refractivity contribution in [2.24, 2.45) is 0 Å². The Kier molecular flexibility index (Phi) is 6.65. The van der Waals surface area contributed by atoms with E-state index in [1.54, 1.807) is 0 Å². The Bertz CT molecular complexity index is 1280. The van der Waals surface area contributed by atoms with Crippen LogP contribution in [0, 0.1) is 0 Å². The molecule has 0 aliphatic carbocycles. The molecule has 0 atom stereocenters. The van der Waals surface area contributed by atoms with Gasteiger partial charge in [-0.1, -0.05) is 99.3 Å². The van der Waals surface area contributed by atoms with Gasteiger partial charge in [0.2, 0.25) is 5.91 Å². The summed E-state index contributed by atoms with van der Waals surface area (Å²) >= 11 is 1.37. The second-order valence-electron chi connectivity index (χ2n) is 8.90. The number of thioether (sulfide) groups is 1. The van der Waals surface area contributed by atoms with Gasteiger partial charge in [0.15, 0.2) is 11.0 Å². The van der Waals surface area contributed by atoms with E-state index in [1.165, 1.54) is 17.3 Å². The highest BCUT2D eigenvalue weighted by Crippen LogP contribution is 2.28. The molecule has 4 rings (SSSR count). The summed E-state index contributed by atoms with van der Waals surface area (Å²) in [6.07, 6.45) is 1.82. The molecule has 0 aliphatic heterocycles. The Morgan fingerprint density at radius 2 is 1.76 bits per heavy atom. The number of carbonyl (C=O) groups is 1. The van der Waals surface area contributed by atoms with Crippen molar-refractivity contribution in [3.8, 4) is 11.4 Å². The lowest BCUT2D eigenvalue weighted by atomic mass is 9.87. The van der Waals surface area contributed by atoms with Gasteiger partial charge in [0.05, 0.1) is 5.75 Å². The second-order valence-corrected chi connectivity index (χ2v) is 9.84. The number of benzene rings is 3. The van der Waals surface area contributed by atoms with E-state index in [0.717, 1.165) is 27.8 Å². The molecule has 0 radical (unpaired) electrons. The summed E-state index contributed by atoms with van der Waals surface area (Å²) in [6.45, 7) is 11.0. The maximum absolute atomic E-state index is 12.7. The third kappa shape index (κ3) is 5.17. The van der Waals surface area contributed by atoms with Gasteiger partial charge in [-0.2, -0.15) is 0 Å². The average Bonchev–Trinajstić information content (AvgIpc) is 3.20. The van der Waals surface area contributed by atoms with Crippen LogP contribution in [0.4, 0.5) is 5.69 Å². The van der Waals surface area contributed by atoms with Gasteiger partial charge < -0.3 is 5.32 Å². The maximum Gasteiger partial charge on any atom is 0.234 e. The number of amides is 1.